The van der Waals surface area contributed by atoms with Gasteiger partial charge in [-0.3, -0.25) is 10.1 Å². The summed E-state index contributed by atoms with van der Waals surface area (Å²) < 4.78 is 5.46. The van der Waals surface area contributed by atoms with Crippen LogP contribution in [0.4, 0.5) is 0 Å². The summed E-state index contributed by atoms with van der Waals surface area (Å²) in [5, 5.41) is 4.64. The molecule has 23 heavy (non-hydrogen) atoms. The Bertz CT molecular complexity index is 470. The molecule has 0 saturated heterocycles. The molecule has 0 aliphatic rings. The average molecular weight is 340 g/mol. The molecule has 0 spiro atoms. The fourth-order valence-corrected chi connectivity index (χ4v) is 2.84. The molecule has 1 amide bonds. The van der Waals surface area contributed by atoms with E-state index in [1.807, 2.05) is 18.4 Å². The van der Waals surface area contributed by atoms with Crippen molar-refractivity contribution in [2.24, 2.45) is 4.99 Å². The van der Waals surface area contributed by atoms with Crippen molar-refractivity contribution >= 4 is 23.3 Å². The molecule has 0 fully saturated rings. The lowest BCUT2D eigenvalue weighted by molar-refractivity contribution is 0.0970. The quantitative estimate of drug-likeness (QED) is 0.554. The van der Waals surface area contributed by atoms with Crippen molar-refractivity contribution in [1.29, 1.82) is 0 Å². The first-order valence-electron chi connectivity index (χ1n) is 8.38. The third-order valence-electron chi connectivity index (χ3n) is 3.57. The van der Waals surface area contributed by atoms with Crippen molar-refractivity contribution in [3.05, 3.63) is 22.4 Å². The minimum Gasteiger partial charge on any atom is -0.465 e. The Morgan fingerprint density at radius 1 is 1.39 bits per heavy atom. The van der Waals surface area contributed by atoms with Gasteiger partial charge < -0.3 is 9.64 Å². The molecule has 0 aromatic carbocycles. The summed E-state index contributed by atoms with van der Waals surface area (Å²) in [5.74, 6) is -0.164. The Hall–Kier alpha value is -1.40. The molecule has 1 rings (SSSR count). The molecule has 1 heterocycles. The van der Waals surface area contributed by atoms with Gasteiger partial charge in [-0.1, -0.05) is 19.9 Å². The smallest absolute Gasteiger partial charge is 0.291 e. The van der Waals surface area contributed by atoms with Crippen molar-refractivity contribution in [3.8, 4) is 0 Å². The zero-order valence-electron chi connectivity index (χ0n) is 14.7. The standard InChI is InChI=1S/C17H29N3O2S/c1-5-20(6-2)12-8-10-14(4)18-17(22-7-3)19-16(21)15-11-9-13-23-15/h9,11,13-14H,5-8,10,12H2,1-4H3,(H,18,19,21)/t14-/m1/s1. The number of hydrogen-bond donors (Lipinski definition) is 1. The zero-order chi connectivity index (χ0) is 17.1. The highest BCUT2D eigenvalue weighted by molar-refractivity contribution is 7.12. The molecular weight excluding hydrogens is 310 g/mol. The van der Waals surface area contributed by atoms with Crippen LogP contribution < -0.4 is 5.32 Å². The second-order valence-corrected chi connectivity index (χ2v) is 6.26. The summed E-state index contributed by atoms with van der Waals surface area (Å²) >= 11 is 1.40. The second-order valence-electron chi connectivity index (χ2n) is 5.32. The van der Waals surface area contributed by atoms with Crippen molar-refractivity contribution < 1.29 is 9.53 Å². The van der Waals surface area contributed by atoms with Gasteiger partial charge in [0, 0.05) is 0 Å². The molecule has 1 atom stereocenters. The molecule has 0 radical (unpaired) electrons. The van der Waals surface area contributed by atoms with E-state index in [4.69, 9.17) is 4.74 Å². The zero-order valence-corrected chi connectivity index (χ0v) is 15.5. The van der Waals surface area contributed by atoms with Gasteiger partial charge >= 0.3 is 0 Å². The second kappa shape index (κ2) is 11.2. The summed E-state index contributed by atoms with van der Waals surface area (Å²) in [6.07, 6.45) is 2.06. The van der Waals surface area contributed by atoms with E-state index in [0.29, 0.717) is 17.5 Å². The lowest BCUT2D eigenvalue weighted by Crippen LogP contribution is -2.33. The summed E-state index contributed by atoms with van der Waals surface area (Å²) in [5.41, 5.74) is 0. The number of rotatable bonds is 9. The Morgan fingerprint density at radius 3 is 2.70 bits per heavy atom. The van der Waals surface area contributed by atoms with E-state index in [2.05, 4.69) is 36.0 Å². The van der Waals surface area contributed by atoms with E-state index < -0.39 is 0 Å². The van der Waals surface area contributed by atoms with Gasteiger partial charge in [0.1, 0.15) is 0 Å². The molecule has 0 aliphatic heterocycles. The number of carbonyl (C=O) groups is 1. The van der Waals surface area contributed by atoms with Gasteiger partial charge in [-0.05, 0) is 57.8 Å². The van der Waals surface area contributed by atoms with Crippen LogP contribution in [-0.2, 0) is 4.74 Å². The summed E-state index contributed by atoms with van der Waals surface area (Å²) in [6, 6.07) is 4.08. The highest BCUT2D eigenvalue weighted by atomic mass is 32.1. The summed E-state index contributed by atoms with van der Waals surface area (Å²) in [6.45, 7) is 12.0. The molecule has 1 aromatic heterocycles. The number of thiophene rings is 1. The predicted octanol–water partition coefficient (Wildman–Crippen LogP) is 3.38. The van der Waals surface area contributed by atoms with E-state index in [9.17, 15) is 4.79 Å². The SMILES string of the molecule is CCOC(=N[C@H](C)CCCN(CC)CC)NC(=O)c1cccs1. The topological polar surface area (TPSA) is 53.9 Å². The monoisotopic (exact) mass is 339 g/mol. The normalized spacial score (nSPS) is 13.2. The Morgan fingerprint density at radius 2 is 2.13 bits per heavy atom. The minimum atomic E-state index is -0.164. The van der Waals surface area contributed by atoms with E-state index in [-0.39, 0.29) is 11.9 Å². The van der Waals surface area contributed by atoms with Crippen LogP contribution in [-0.4, -0.2) is 49.1 Å². The Labute approximate surface area is 143 Å². The van der Waals surface area contributed by atoms with Crippen molar-refractivity contribution in [2.75, 3.05) is 26.2 Å². The van der Waals surface area contributed by atoms with Crippen LogP contribution in [0.3, 0.4) is 0 Å². The van der Waals surface area contributed by atoms with Crippen molar-refractivity contribution in [3.63, 3.8) is 0 Å². The molecular formula is C17H29N3O2S. The number of amidine groups is 1. The van der Waals surface area contributed by atoms with Crippen LogP contribution in [0.25, 0.3) is 0 Å². The van der Waals surface area contributed by atoms with Gasteiger partial charge in [-0.2, -0.15) is 0 Å². The van der Waals surface area contributed by atoms with Crippen LogP contribution in [0.5, 0.6) is 0 Å². The first-order valence-corrected chi connectivity index (χ1v) is 9.26. The Balaban J connectivity index is 2.50. The first-order chi connectivity index (χ1) is 11.1. The number of carbonyl (C=O) groups excluding carboxylic acids is 1. The number of aliphatic imine (C=N–C) groups is 1. The molecule has 130 valence electrons. The van der Waals surface area contributed by atoms with E-state index in [1.54, 1.807) is 6.07 Å². The van der Waals surface area contributed by atoms with Crippen LogP contribution in [0.2, 0.25) is 0 Å². The van der Waals surface area contributed by atoms with E-state index >= 15 is 0 Å². The molecule has 1 N–H and O–H groups in total. The predicted molar refractivity (Wildman–Crippen MR) is 97.3 cm³/mol. The van der Waals surface area contributed by atoms with E-state index in [1.165, 1.54) is 11.3 Å². The largest absolute Gasteiger partial charge is 0.465 e. The van der Waals surface area contributed by atoms with E-state index in [0.717, 1.165) is 32.5 Å². The number of nitrogens with one attached hydrogen (secondary N) is 1. The lowest BCUT2D eigenvalue weighted by atomic mass is 10.2. The molecule has 0 aliphatic carbocycles. The summed E-state index contributed by atoms with van der Waals surface area (Å²) in [4.78, 5) is 19.7. The number of amides is 1. The third-order valence-corrected chi connectivity index (χ3v) is 4.44. The minimum absolute atomic E-state index is 0.121. The maximum atomic E-state index is 12.1. The third kappa shape index (κ3) is 7.61. The molecule has 0 saturated carbocycles. The molecule has 0 unspecified atom stereocenters. The summed E-state index contributed by atoms with van der Waals surface area (Å²) in [7, 11) is 0. The average Bonchev–Trinajstić information content (AvgIpc) is 3.06. The fraction of sp³-hybridized carbons (Fsp3) is 0.647. The van der Waals surface area contributed by atoms with Crippen LogP contribution in [0.1, 0.15) is 50.2 Å². The highest BCUT2D eigenvalue weighted by Gasteiger charge is 2.12. The molecule has 5 nitrogen and oxygen atoms in total. The van der Waals surface area contributed by atoms with Gasteiger partial charge in [0.25, 0.3) is 11.9 Å². The van der Waals surface area contributed by atoms with Crippen LogP contribution >= 0.6 is 11.3 Å². The molecule has 0 bridgehead atoms. The van der Waals surface area contributed by atoms with Crippen LogP contribution in [0.15, 0.2) is 22.5 Å². The van der Waals surface area contributed by atoms with Gasteiger partial charge in [0.2, 0.25) is 0 Å². The fourth-order valence-electron chi connectivity index (χ4n) is 2.22. The maximum Gasteiger partial charge on any atom is 0.291 e. The first kappa shape index (κ1) is 19.6. The van der Waals surface area contributed by atoms with Crippen molar-refractivity contribution in [2.45, 2.75) is 46.6 Å². The number of nitrogens with zero attached hydrogens (tertiary/aromatic N) is 2. The van der Waals surface area contributed by atoms with Gasteiger partial charge in [0.15, 0.2) is 0 Å². The number of ether oxygens (including phenoxy) is 1. The van der Waals surface area contributed by atoms with Gasteiger partial charge in [-0.15, -0.1) is 11.3 Å². The van der Waals surface area contributed by atoms with Crippen molar-refractivity contribution in [1.82, 2.24) is 10.2 Å². The maximum absolute atomic E-state index is 12.1. The highest BCUT2D eigenvalue weighted by Crippen LogP contribution is 2.08. The molecule has 6 heteroatoms. The lowest BCUT2D eigenvalue weighted by Gasteiger charge is -2.18. The van der Waals surface area contributed by atoms with Crippen LogP contribution in [0, 0.1) is 0 Å². The molecule has 1 aromatic rings. The van der Waals surface area contributed by atoms with Gasteiger partial charge in [-0.25, -0.2) is 4.99 Å². The van der Waals surface area contributed by atoms with Gasteiger partial charge in [0.05, 0.1) is 17.5 Å². The Kier molecular flexibility index (Phi) is 9.55. The number of hydrogen-bond acceptors (Lipinski definition) is 5.